The quantitative estimate of drug-likeness (QED) is 0.311. The van der Waals surface area contributed by atoms with Crippen LogP contribution in [-0.2, 0) is 25.7 Å². The molecule has 0 aliphatic heterocycles. The molecule has 0 saturated heterocycles. The van der Waals surface area contributed by atoms with Crippen molar-refractivity contribution in [2.75, 3.05) is 0 Å². The van der Waals surface area contributed by atoms with Crippen molar-refractivity contribution in [2.24, 2.45) is 4.40 Å². The van der Waals surface area contributed by atoms with Crippen molar-refractivity contribution in [3.8, 4) is 0 Å². The maximum atomic E-state index is 13.5. The number of carbonyl (C=O) groups excluding carboxylic acids is 1. The zero-order valence-electron chi connectivity index (χ0n) is 18.4. The molecule has 0 spiro atoms. The summed E-state index contributed by atoms with van der Waals surface area (Å²) in [7, 11) is 0. The molecule has 4 aromatic rings. The molecular weight excluding hydrogens is 422 g/mol. The van der Waals surface area contributed by atoms with Crippen LogP contribution in [0.4, 0.5) is 0 Å². The predicted molar refractivity (Wildman–Crippen MR) is 137 cm³/mol. The summed E-state index contributed by atoms with van der Waals surface area (Å²) in [5.74, 6) is -0.0461. The average Bonchev–Trinajstić information content (AvgIpc) is 2.88. The number of benzene rings is 4. The highest BCUT2D eigenvalue weighted by molar-refractivity contribution is 7.98. The molecule has 4 aromatic carbocycles. The predicted octanol–water partition coefficient (Wildman–Crippen LogP) is 6.95. The van der Waals surface area contributed by atoms with Gasteiger partial charge in [-0.2, -0.15) is 0 Å². The van der Waals surface area contributed by atoms with Gasteiger partial charge in [-0.05, 0) is 60.1 Å². The number of hydrogen-bond acceptors (Lipinski definition) is 3. The fourth-order valence-corrected chi connectivity index (χ4v) is 4.86. The first kappa shape index (κ1) is 21.4. The molecule has 0 fully saturated rings. The molecule has 4 bridgehead atoms. The van der Waals surface area contributed by atoms with Crippen molar-refractivity contribution in [3.63, 3.8) is 0 Å². The van der Waals surface area contributed by atoms with Gasteiger partial charge in [0.1, 0.15) is 5.71 Å². The Balaban J connectivity index is 1.54. The maximum Gasteiger partial charge on any atom is 0.212 e. The summed E-state index contributed by atoms with van der Waals surface area (Å²) in [6.07, 6.45) is 3.95. The minimum absolute atomic E-state index is 0.0461. The van der Waals surface area contributed by atoms with Gasteiger partial charge in [-0.1, -0.05) is 91.0 Å². The molecule has 0 unspecified atom stereocenters. The molecule has 0 heterocycles. The van der Waals surface area contributed by atoms with E-state index < -0.39 is 0 Å². The Morgan fingerprint density at radius 1 is 0.545 bits per heavy atom. The van der Waals surface area contributed by atoms with Crippen LogP contribution in [0.2, 0.25) is 0 Å². The molecule has 0 atom stereocenters. The molecule has 4 aliphatic rings. The van der Waals surface area contributed by atoms with E-state index in [9.17, 15) is 4.79 Å². The van der Waals surface area contributed by atoms with Crippen LogP contribution in [0.15, 0.2) is 112 Å². The number of carbonyl (C=O) groups is 1. The van der Waals surface area contributed by atoms with Gasteiger partial charge in [0.25, 0.3) is 0 Å². The van der Waals surface area contributed by atoms with Gasteiger partial charge in [0, 0.05) is 28.0 Å². The Hall–Kier alpha value is -3.43. The Morgan fingerprint density at radius 3 is 1.64 bits per heavy atom. The molecule has 33 heavy (non-hydrogen) atoms. The third kappa shape index (κ3) is 5.15. The molecule has 0 saturated carbocycles. The molecule has 8 rings (SSSR count). The second-order valence-electron chi connectivity index (χ2n) is 8.34. The van der Waals surface area contributed by atoms with E-state index in [1.165, 1.54) is 34.2 Å². The van der Waals surface area contributed by atoms with E-state index in [2.05, 4.69) is 48.5 Å². The van der Waals surface area contributed by atoms with Gasteiger partial charge in [0.15, 0.2) is 0 Å². The topological polar surface area (TPSA) is 29.4 Å². The summed E-state index contributed by atoms with van der Waals surface area (Å²) in [5, 5.41) is 0. The maximum absolute atomic E-state index is 13.5. The highest BCUT2D eigenvalue weighted by Crippen LogP contribution is 2.23. The summed E-state index contributed by atoms with van der Waals surface area (Å²) in [5.41, 5.74) is 7.35. The van der Waals surface area contributed by atoms with E-state index in [-0.39, 0.29) is 5.78 Å². The number of Topliss-reactive ketones (excluding diaryl/α,β-unsaturated/α-hetero) is 1. The molecule has 2 nitrogen and oxygen atoms in total. The molecule has 3 heteroatoms. The van der Waals surface area contributed by atoms with E-state index in [1.807, 2.05) is 54.6 Å². The molecular formula is C30H25NOS. The fourth-order valence-electron chi connectivity index (χ4n) is 4.20. The second kappa shape index (κ2) is 10.0. The van der Waals surface area contributed by atoms with Crippen molar-refractivity contribution < 1.29 is 4.79 Å². The molecule has 0 amide bonds. The van der Waals surface area contributed by atoms with Crippen LogP contribution >= 0.6 is 11.9 Å². The lowest BCUT2D eigenvalue weighted by Gasteiger charge is -2.12. The summed E-state index contributed by atoms with van der Waals surface area (Å²) in [6, 6.07) is 35.0. The van der Waals surface area contributed by atoms with Crippen LogP contribution in [0.25, 0.3) is 0 Å². The van der Waals surface area contributed by atoms with Gasteiger partial charge in [0.2, 0.25) is 5.78 Å². The number of hydrogen-bond donors (Lipinski definition) is 0. The molecule has 0 radical (unpaired) electrons. The van der Waals surface area contributed by atoms with Crippen molar-refractivity contribution in [2.45, 2.75) is 30.6 Å². The monoisotopic (exact) mass is 447 g/mol. The number of rotatable bonds is 2. The van der Waals surface area contributed by atoms with Crippen LogP contribution in [-0.4, -0.2) is 11.5 Å². The van der Waals surface area contributed by atoms with Crippen LogP contribution in [0.3, 0.4) is 0 Å². The zero-order valence-corrected chi connectivity index (χ0v) is 19.2. The zero-order chi connectivity index (χ0) is 22.5. The highest BCUT2D eigenvalue weighted by atomic mass is 32.2. The summed E-state index contributed by atoms with van der Waals surface area (Å²) in [4.78, 5) is 14.5. The Bertz CT molecular complexity index is 1280. The number of aryl methyl sites for hydroxylation is 4. The van der Waals surface area contributed by atoms with Gasteiger partial charge < -0.3 is 0 Å². The van der Waals surface area contributed by atoms with E-state index in [4.69, 9.17) is 4.40 Å². The largest absolute Gasteiger partial charge is 0.287 e. The minimum atomic E-state index is -0.0461. The normalized spacial score (nSPS) is 15.0. The lowest BCUT2D eigenvalue weighted by atomic mass is 9.93. The molecule has 0 N–H and O–H groups in total. The number of ketones is 1. The molecule has 0 aromatic heterocycles. The van der Waals surface area contributed by atoms with Gasteiger partial charge in [-0.25, -0.2) is 4.40 Å². The second-order valence-corrected chi connectivity index (χ2v) is 9.17. The van der Waals surface area contributed by atoms with Crippen molar-refractivity contribution >= 4 is 23.4 Å². The summed E-state index contributed by atoms with van der Waals surface area (Å²) in [6.45, 7) is 0. The van der Waals surface area contributed by atoms with E-state index in [0.717, 1.165) is 36.1 Å². The first-order valence-electron chi connectivity index (χ1n) is 11.4. The Kier molecular flexibility index (Phi) is 6.50. The SMILES string of the molecule is O=C1/C(=N/Sc2ccccc2)c2ccc(cc2)CCc2ccccc2CCc2ccc1cc2. The van der Waals surface area contributed by atoms with Crippen LogP contribution in [0, 0.1) is 0 Å². The smallest absolute Gasteiger partial charge is 0.212 e. The lowest BCUT2D eigenvalue weighted by molar-refractivity contribution is 0.106. The van der Waals surface area contributed by atoms with Gasteiger partial charge in [-0.15, -0.1) is 0 Å². The Morgan fingerprint density at radius 2 is 1.06 bits per heavy atom. The lowest BCUT2D eigenvalue weighted by Crippen LogP contribution is -2.16. The van der Waals surface area contributed by atoms with Gasteiger partial charge in [0.05, 0.1) is 0 Å². The summed E-state index contributed by atoms with van der Waals surface area (Å²) < 4.78 is 4.70. The third-order valence-electron chi connectivity index (χ3n) is 6.13. The van der Waals surface area contributed by atoms with Crippen molar-refractivity contribution in [1.29, 1.82) is 0 Å². The summed E-state index contributed by atoms with van der Waals surface area (Å²) >= 11 is 1.34. The van der Waals surface area contributed by atoms with Crippen LogP contribution in [0.5, 0.6) is 0 Å². The van der Waals surface area contributed by atoms with E-state index in [1.54, 1.807) is 0 Å². The average molecular weight is 448 g/mol. The molecule has 4 aliphatic carbocycles. The third-order valence-corrected chi connectivity index (χ3v) is 6.89. The van der Waals surface area contributed by atoms with Crippen molar-refractivity contribution in [1.82, 2.24) is 0 Å². The minimum Gasteiger partial charge on any atom is -0.287 e. The standard InChI is InChI=1S/C30H25NOS/c32-30-27-20-14-23(15-21-27)11-17-25-7-5-4-6-24(25)16-10-22-12-18-26(19-13-22)29(30)31-33-28-8-2-1-3-9-28/h1-9,12-15,18-21H,10-11,16-17H2/b31-29+. The first-order chi connectivity index (χ1) is 16.3. The highest BCUT2D eigenvalue weighted by Gasteiger charge is 2.17. The Labute approximate surface area is 199 Å². The van der Waals surface area contributed by atoms with Crippen LogP contribution < -0.4 is 0 Å². The first-order valence-corrected chi connectivity index (χ1v) is 12.1. The van der Waals surface area contributed by atoms with E-state index >= 15 is 0 Å². The molecule has 162 valence electrons. The van der Waals surface area contributed by atoms with Gasteiger partial charge >= 0.3 is 0 Å². The van der Waals surface area contributed by atoms with Crippen molar-refractivity contribution in [3.05, 3.63) is 137 Å². The number of nitrogens with zero attached hydrogens (tertiary/aromatic N) is 1. The van der Waals surface area contributed by atoms with Gasteiger partial charge in [-0.3, -0.25) is 4.79 Å². The van der Waals surface area contributed by atoms with E-state index in [0.29, 0.717) is 11.3 Å². The fraction of sp³-hybridized carbons (Fsp3) is 0.133. The van der Waals surface area contributed by atoms with Crippen LogP contribution in [0.1, 0.15) is 38.2 Å².